The van der Waals surface area contributed by atoms with Crippen molar-refractivity contribution < 1.29 is 0 Å². The summed E-state index contributed by atoms with van der Waals surface area (Å²) in [5.41, 5.74) is 3.61. The Bertz CT molecular complexity index is 541. The van der Waals surface area contributed by atoms with Crippen molar-refractivity contribution in [3.63, 3.8) is 0 Å². The maximum absolute atomic E-state index is 5.98. The third kappa shape index (κ3) is 3.44. The zero-order chi connectivity index (χ0) is 12.1. The van der Waals surface area contributed by atoms with Gasteiger partial charge in [-0.3, -0.25) is 5.43 Å². The number of rotatable bonds is 3. The van der Waals surface area contributed by atoms with Crippen LogP contribution in [0.5, 0.6) is 0 Å². The largest absolute Gasteiger partial charge is 0.261 e. The van der Waals surface area contributed by atoms with Crippen molar-refractivity contribution in [3.05, 3.63) is 58.2 Å². The monoisotopic (exact) mass is 265 g/mol. The van der Waals surface area contributed by atoms with E-state index in [4.69, 9.17) is 23.2 Å². The van der Waals surface area contributed by atoms with E-state index in [0.717, 1.165) is 5.56 Å². The minimum Gasteiger partial charge on any atom is -0.261 e. The lowest BCUT2D eigenvalue weighted by molar-refractivity contribution is 1.23. The van der Waals surface area contributed by atoms with Crippen LogP contribution in [0, 0.1) is 0 Å². The molecule has 1 heterocycles. The molecule has 2 rings (SSSR count). The number of benzene rings is 1. The smallest absolute Gasteiger partial charge is 0.147 e. The third-order valence-electron chi connectivity index (χ3n) is 2.01. The third-order valence-corrected chi connectivity index (χ3v) is 2.59. The maximum atomic E-state index is 5.98. The van der Waals surface area contributed by atoms with E-state index in [1.165, 1.54) is 0 Å². The lowest BCUT2D eigenvalue weighted by Gasteiger charge is -1.99. The molecule has 2 aromatic rings. The van der Waals surface area contributed by atoms with Gasteiger partial charge in [0.05, 0.1) is 6.21 Å². The zero-order valence-electron chi connectivity index (χ0n) is 8.77. The normalized spacial score (nSPS) is 10.7. The van der Waals surface area contributed by atoms with Crippen molar-refractivity contribution in [2.24, 2.45) is 5.10 Å². The highest BCUT2D eigenvalue weighted by molar-refractivity contribution is 6.33. The number of halogens is 2. The fraction of sp³-hybridized carbons (Fsp3) is 0. The van der Waals surface area contributed by atoms with E-state index in [-0.39, 0.29) is 0 Å². The highest BCUT2D eigenvalue weighted by Crippen LogP contribution is 2.13. The molecule has 0 atom stereocenters. The number of hydrogen-bond acceptors (Lipinski definition) is 3. The molecule has 0 aliphatic carbocycles. The first-order valence-corrected chi connectivity index (χ1v) is 5.66. The molecule has 0 radical (unpaired) electrons. The van der Waals surface area contributed by atoms with Gasteiger partial charge in [0.15, 0.2) is 0 Å². The van der Waals surface area contributed by atoms with Crippen LogP contribution in [0.4, 0.5) is 5.82 Å². The molecule has 0 aliphatic rings. The van der Waals surface area contributed by atoms with Crippen LogP contribution in [-0.2, 0) is 0 Å². The second-order valence-electron chi connectivity index (χ2n) is 3.25. The molecular weight excluding hydrogens is 257 g/mol. The van der Waals surface area contributed by atoms with Gasteiger partial charge in [0, 0.05) is 27.9 Å². The second kappa shape index (κ2) is 5.66. The van der Waals surface area contributed by atoms with Crippen LogP contribution in [0.15, 0.2) is 47.7 Å². The number of nitrogens with one attached hydrogen (secondary N) is 1. The first-order chi connectivity index (χ1) is 8.25. The Hall–Kier alpha value is -1.58. The van der Waals surface area contributed by atoms with Crippen LogP contribution in [-0.4, -0.2) is 11.2 Å². The summed E-state index contributed by atoms with van der Waals surface area (Å²) in [7, 11) is 0. The molecule has 86 valence electrons. The molecule has 17 heavy (non-hydrogen) atoms. The summed E-state index contributed by atoms with van der Waals surface area (Å²) >= 11 is 11.8. The number of pyridine rings is 1. The fourth-order valence-corrected chi connectivity index (χ4v) is 1.56. The Balaban J connectivity index is 2.06. The van der Waals surface area contributed by atoms with Crippen LogP contribution in [0.3, 0.4) is 0 Å². The number of hydrazone groups is 1. The number of anilines is 1. The maximum Gasteiger partial charge on any atom is 0.147 e. The highest BCUT2D eigenvalue weighted by atomic mass is 35.5. The van der Waals surface area contributed by atoms with E-state index < -0.39 is 0 Å². The minimum atomic E-state index is 0.584. The molecule has 0 saturated carbocycles. The minimum absolute atomic E-state index is 0.584. The van der Waals surface area contributed by atoms with E-state index in [0.29, 0.717) is 15.9 Å². The summed E-state index contributed by atoms with van der Waals surface area (Å²) in [6.07, 6.45) is 3.24. The van der Waals surface area contributed by atoms with Gasteiger partial charge in [-0.25, -0.2) is 4.98 Å². The van der Waals surface area contributed by atoms with Crippen molar-refractivity contribution >= 4 is 35.2 Å². The van der Waals surface area contributed by atoms with E-state index in [9.17, 15) is 0 Å². The van der Waals surface area contributed by atoms with Crippen molar-refractivity contribution in [1.29, 1.82) is 0 Å². The van der Waals surface area contributed by atoms with E-state index >= 15 is 0 Å². The average Bonchev–Trinajstić information content (AvgIpc) is 2.32. The molecule has 0 bridgehead atoms. The van der Waals surface area contributed by atoms with Crippen molar-refractivity contribution in [2.75, 3.05) is 5.43 Å². The van der Waals surface area contributed by atoms with Gasteiger partial charge >= 0.3 is 0 Å². The summed E-state index contributed by atoms with van der Waals surface area (Å²) in [4.78, 5) is 4.05. The molecule has 0 aliphatic heterocycles. The van der Waals surface area contributed by atoms with Crippen LogP contribution in [0.1, 0.15) is 5.56 Å². The lowest BCUT2D eigenvalue weighted by Crippen LogP contribution is -1.93. The highest BCUT2D eigenvalue weighted by Gasteiger charge is 1.95. The predicted molar refractivity (Wildman–Crippen MR) is 71.9 cm³/mol. The molecule has 0 unspecified atom stereocenters. The van der Waals surface area contributed by atoms with E-state index in [2.05, 4.69) is 15.5 Å². The Morgan fingerprint density at radius 2 is 2.00 bits per heavy atom. The van der Waals surface area contributed by atoms with Gasteiger partial charge in [-0.05, 0) is 12.1 Å². The van der Waals surface area contributed by atoms with Crippen molar-refractivity contribution in [2.45, 2.75) is 0 Å². The number of nitrogens with zero attached hydrogens (tertiary/aromatic N) is 2. The Kier molecular flexibility index (Phi) is 3.96. The van der Waals surface area contributed by atoms with E-state index in [1.54, 1.807) is 30.6 Å². The van der Waals surface area contributed by atoms with Crippen molar-refractivity contribution in [3.8, 4) is 0 Å². The molecule has 3 nitrogen and oxygen atoms in total. The first-order valence-electron chi connectivity index (χ1n) is 4.91. The Morgan fingerprint density at radius 1 is 1.18 bits per heavy atom. The molecular formula is C12H9Cl2N3. The molecule has 1 aromatic heterocycles. The SMILES string of the molecule is Clc1ccnc(N/N=C\c2ccccc2Cl)c1. The molecule has 1 aromatic carbocycles. The molecule has 0 amide bonds. The zero-order valence-corrected chi connectivity index (χ0v) is 10.3. The first kappa shape index (κ1) is 11.9. The summed E-state index contributed by atoms with van der Waals surface area (Å²) in [6.45, 7) is 0. The van der Waals surface area contributed by atoms with Crippen LogP contribution in [0.2, 0.25) is 10.0 Å². The average molecular weight is 266 g/mol. The Morgan fingerprint density at radius 3 is 2.76 bits per heavy atom. The summed E-state index contributed by atoms with van der Waals surface area (Å²) < 4.78 is 0. The lowest BCUT2D eigenvalue weighted by atomic mass is 10.2. The second-order valence-corrected chi connectivity index (χ2v) is 4.09. The standard InChI is InChI=1S/C12H9Cl2N3/c13-10-5-6-15-12(7-10)17-16-8-9-3-1-2-4-11(9)14/h1-8H,(H,15,17)/b16-8-. The molecule has 0 spiro atoms. The van der Waals surface area contributed by atoms with Gasteiger partial charge in [0.1, 0.15) is 5.82 Å². The van der Waals surface area contributed by atoms with Gasteiger partial charge in [0.25, 0.3) is 0 Å². The van der Waals surface area contributed by atoms with Crippen molar-refractivity contribution in [1.82, 2.24) is 4.98 Å². The van der Waals surface area contributed by atoms with Gasteiger partial charge in [-0.2, -0.15) is 5.10 Å². The number of hydrogen-bond donors (Lipinski definition) is 1. The number of aromatic nitrogens is 1. The molecule has 1 N–H and O–H groups in total. The molecule has 5 heteroatoms. The Labute approximate surface area is 109 Å². The van der Waals surface area contributed by atoms with Crippen LogP contribution < -0.4 is 5.43 Å². The van der Waals surface area contributed by atoms with Gasteiger partial charge < -0.3 is 0 Å². The molecule has 0 saturated heterocycles. The van der Waals surface area contributed by atoms with Gasteiger partial charge in [-0.15, -0.1) is 0 Å². The fourth-order valence-electron chi connectivity index (χ4n) is 1.21. The molecule has 0 fully saturated rings. The van der Waals surface area contributed by atoms with Crippen LogP contribution >= 0.6 is 23.2 Å². The quantitative estimate of drug-likeness (QED) is 0.677. The van der Waals surface area contributed by atoms with Gasteiger partial charge in [-0.1, -0.05) is 41.4 Å². The summed E-state index contributed by atoms with van der Waals surface area (Å²) in [5.74, 6) is 0.584. The summed E-state index contributed by atoms with van der Waals surface area (Å²) in [5, 5.41) is 5.29. The topological polar surface area (TPSA) is 37.3 Å². The van der Waals surface area contributed by atoms with Crippen LogP contribution in [0.25, 0.3) is 0 Å². The predicted octanol–water partition coefficient (Wildman–Crippen LogP) is 3.83. The summed E-state index contributed by atoms with van der Waals surface area (Å²) in [6, 6.07) is 10.8. The van der Waals surface area contributed by atoms with Gasteiger partial charge in [0.2, 0.25) is 0 Å². The van der Waals surface area contributed by atoms with E-state index in [1.807, 2.05) is 18.2 Å².